The van der Waals surface area contributed by atoms with Crippen molar-refractivity contribution in [2.75, 3.05) is 0 Å². The maximum absolute atomic E-state index is 11.7. The van der Waals surface area contributed by atoms with Gasteiger partial charge in [0.25, 0.3) is 0 Å². The topological polar surface area (TPSA) is 53.5 Å². The Hall–Kier alpha value is -2.66. The molecule has 1 heterocycles. The molecule has 0 bridgehead atoms. The van der Waals surface area contributed by atoms with Crippen molar-refractivity contribution in [1.82, 2.24) is 10.7 Å². The first kappa shape index (κ1) is 15.2. The Bertz CT molecular complexity index is 840. The van der Waals surface area contributed by atoms with Gasteiger partial charge in [-0.15, -0.1) is 11.3 Å². The van der Waals surface area contributed by atoms with E-state index in [0.29, 0.717) is 6.54 Å². The highest BCUT2D eigenvalue weighted by Crippen LogP contribution is 2.29. The summed E-state index contributed by atoms with van der Waals surface area (Å²) >= 11 is 1.66. The van der Waals surface area contributed by atoms with Crippen LogP contribution in [-0.2, 0) is 6.54 Å². The van der Waals surface area contributed by atoms with Crippen LogP contribution in [0.15, 0.2) is 59.7 Å². The molecule has 2 aromatic carbocycles. The maximum Gasteiger partial charge on any atom is 0.335 e. The quantitative estimate of drug-likeness (QED) is 0.552. The molecular formula is C18H17N3OS. The number of nitrogens with zero attached hydrogens (tertiary/aromatic N) is 1. The molecule has 4 nitrogen and oxygen atoms in total. The Morgan fingerprint density at radius 1 is 1.13 bits per heavy atom. The lowest BCUT2D eigenvalue weighted by Gasteiger charge is -2.03. The van der Waals surface area contributed by atoms with E-state index in [9.17, 15) is 4.79 Å². The van der Waals surface area contributed by atoms with E-state index in [2.05, 4.69) is 34.9 Å². The summed E-state index contributed by atoms with van der Waals surface area (Å²) in [7, 11) is 0. The van der Waals surface area contributed by atoms with Gasteiger partial charge in [0.2, 0.25) is 0 Å². The van der Waals surface area contributed by atoms with Crippen LogP contribution in [0.2, 0.25) is 0 Å². The Kier molecular flexibility index (Phi) is 4.68. The molecule has 5 heteroatoms. The van der Waals surface area contributed by atoms with Crippen LogP contribution in [-0.4, -0.2) is 12.2 Å². The Labute approximate surface area is 138 Å². The van der Waals surface area contributed by atoms with Crippen LogP contribution in [0.5, 0.6) is 0 Å². The Balaban J connectivity index is 1.57. The Morgan fingerprint density at radius 2 is 1.87 bits per heavy atom. The van der Waals surface area contributed by atoms with E-state index in [4.69, 9.17) is 0 Å². The van der Waals surface area contributed by atoms with Crippen LogP contribution in [0, 0.1) is 6.92 Å². The van der Waals surface area contributed by atoms with Crippen molar-refractivity contribution >= 4 is 33.7 Å². The molecule has 2 amide bonds. The summed E-state index contributed by atoms with van der Waals surface area (Å²) in [6.07, 6.45) is 1.70. The molecule has 0 saturated heterocycles. The van der Waals surface area contributed by atoms with Gasteiger partial charge in [0.05, 0.1) is 11.1 Å². The van der Waals surface area contributed by atoms with Crippen molar-refractivity contribution in [3.05, 3.63) is 70.6 Å². The fourth-order valence-electron chi connectivity index (χ4n) is 2.28. The number of carbonyl (C=O) groups excluding carboxylic acids is 1. The van der Waals surface area contributed by atoms with Crippen molar-refractivity contribution < 1.29 is 4.79 Å². The second-order valence-corrected chi connectivity index (χ2v) is 6.21. The molecule has 0 saturated carbocycles. The number of rotatable bonds is 4. The fraction of sp³-hybridized carbons (Fsp3) is 0.111. The second-order valence-electron chi connectivity index (χ2n) is 5.13. The third kappa shape index (κ3) is 3.76. The lowest BCUT2D eigenvalue weighted by Crippen LogP contribution is -2.31. The van der Waals surface area contributed by atoms with Crippen molar-refractivity contribution in [1.29, 1.82) is 0 Å². The number of benzene rings is 2. The average molecular weight is 323 g/mol. The number of aryl methyl sites for hydroxylation is 1. The molecule has 3 aromatic rings. The highest BCUT2D eigenvalue weighted by molar-refractivity contribution is 7.20. The number of fused-ring (bicyclic) bond motifs is 1. The number of carbonyl (C=O) groups is 1. The summed E-state index contributed by atoms with van der Waals surface area (Å²) in [5, 5.41) is 8.03. The second kappa shape index (κ2) is 7.07. The largest absolute Gasteiger partial charge is 0.335 e. The third-order valence-electron chi connectivity index (χ3n) is 3.52. The van der Waals surface area contributed by atoms with Crippen LogP contribution >= 0.6 is 11.3 Å². The van der Waals surface area contributed by atoms with Gasteiger partial charge in [0.15, 0.2) is 0 Å². The van der Waals surface area contributed by atoms with Gasteiger partial charge in [-0.3, -0.25) is 0 Å². The van der Waals surface area contributed by atoms with Crippen molar-refractivity contribution in [2.24, 2.45) is 5.10 Å². The number of hydrogen-bond donors (Lipinski definition) is 2. The number of hydrogen-bond acceptors (Lipinski definition) is 3. The van der Waals surface area contributed by atoms with Gasteiger partial charge < -0.3 is 5.32 Å². The van der Waals surface area contributed by atoms with Crippen LogP contribution < -0.4 is 10.7 Å². The summed E-state index contributed by atoms with van der Waals surface area (Å²) in [5.41, 5.74) is 4.73. The summed E-state index contributed by atoms with van der Waals surface area (Å²) in [5.74, 6) is 0. The summed E-state index contributed by atoms with van der Waals surface area (Å²) in [6.45, 7) is 2.54. The number of amides is 2. The average Bonchev–Trinajstić information content (AvgIpc) is 2.91. The van der Waals surface area contributed by atoms with E-state index in [0.717, 1.165) is 10.4 Å². The molecule has 2 N–H and O–H groups in total. The molecule has 1 aromatic heterocycles. The number of thiophene rings is 1. The standard InChI is InChI=1S/C18H17N3OS/c1-13-15-9-5-6-10-16(15)23-17(13)12-20-21-18(22)19-11-14-7-3-2-4-8-14/h2-10,12H,11H2,1H3,(H2,19,21,22)/b20-12-. The number of urea groups is 1. The molecule has 0 aliphatic carbocycles. The molecule has 116 valence electrons. The Morgan fingerprint density at radius 3 is 2.65 bits per heavy atom. The van der Waals surface area contributed by atoms with Crippen LogP contribution in [0.1, 0.15) is 16.0 Å². The molecule has 0 radical (unpaired) electrons. The zero-order valence-electron chi connectivity index (χ0n) is 12.7. The van der Waals surface area contributed by atoms with Crippen LogP contribution in [0.3, 0.4) is 0 Å². The minimum absolute atomic E-state index is 0.316. The van der Waals surface area contributed by atoms with Gasteiger partial charge in [-0.25, -0.2) is 10.2 Å². The van der Waals surface area contributed by atoms with Crippen molar-refractivity contribution in [2.45, 2.75) is 13.5 Å². The smallest absolute Gasteiger partial charge is 0.333 e. The minimum Gasteiger partial charge on any atom is -0.333 e. The summed E-state index contributed by atoms with van der Waals surface area (Å²) in [4.78, 5) is 12.8. The molecule has 0 spiro atoms. The molecular weight excluding hydrogens is 306 g/mol. The fourth-order valence-corrected chi connectivity index (χ4v) is 3.37. The van der Waals surface area contributed by atoms with E-state index < -0.39 is 0 Å². The minimum atomic E-state index is -0.316. The number of hydrazone groups is 1. The van der Waals surface area contributed by atoms with E-state index in [1.165, 1.54) is 15.6 Å². The first-order chi connectivity index (χ1) is 11.2. The van der Waals surface area contributed by atoms with Crippen molar-refractivity contribution in [3.63, 3.8) is 0 Å². The van der Waals surface area contributed by atoms with Crippen LogP contribution in [0.4, 0.5) is 4.79 Å². The van der Waals surface area contributed by atoms with Gasteiger partial charge in [0, 0.05) is 11.2 Å². The van der Waals surface area contributed by atoms with E-state index in [-0.39, 0.29) is 6.03 Å². The van der Waals surface area contributed by atoms with Crippen molar-refractivity contribution in [3.8, 4) is 0 Å². The zero-order valence-corrected chi connectivity index (χ0v) is 13.6. The zero-order chi connectivity index (χ0) is 16.1. The van der Waals surface area contributed by atoms with Gasteiger partial charge in [-0.05, 0) is 29.5 Å². The highest BCUT2D eigenvalue weighted by atomic mass is 32.1. The molecule has 3 rings (SSSR count). The molecule has 0 fully saturated rings. The predicted octanol–water partition coefficient (Wildman–Crippen LogP) is 4.04. The number of nitrogens with one attached hydrogen (secondary N) is 2. The first-order valence-electron chi connectivity index (χ1n) is 7.33. The van der Waals surface area contributed by atoms with E-state index >= 15 is 0 Å². The predicted molar refractivity (Wildman–Crippen MR) is 96.0 cm³/mol. The maximum atomic E-state index is 11.7. The molecule has 23 heavy (non-hydrogen) atoms. The lowest BCUT2D eigenvalue weighted by atomic mass is 10.1. The highest BCUT2D eigenvalue weighted by Gasteiger charge is 2.05. The van der Waals surface area contributed by atoms with Gasteiger partial charge in [-0.2, -0.15) is 5.10 Å². The van der Waals surface area contributed by atoms with Crippen LogP contribution in [0.25, 0.3) is 10.1 Å². The van der Waals surface area contributed by atoms with E-state index in [1.54, 1.807) is 17.6 Å². The molecule has 0 atom stereocenters. The third-order valence-corrected chi connectivity index (χ3v) is 4.73. The van der Waals surface area contributed by atoms with Gasteiger partial charge >= 0.3 is 6.03 Å². The first-order valence-corrected chi connectivity index (χ1v) is 8.14. The molecule has 0 unspecified atom stereocenters. The van der Waals surface area contributed by atoms with Gasteiger partial charge in [0.1, 0.15) is 0 Å². The molecule has 0 aliphatic heterocycles. The van der Waals surface area contributed by atoms with E-state index in [1.807, 2.05) is 42.5 Å². The molecule has 0 aliphatic rings. The summed E-state index contributed by atoms with van der Waals surface area (Å²) in [6, 6.07) is 17.7. The SMILES string of the molecule is Cc1c(/C=N\NC(=O)NCc2ccccc2)sc2ccccc12. The monoisotopic (exact) mass is 323 g/mol. The normalized spacial score (nSPS) is 11.0. The lowest BCUT2D eigenvalue weighted by molar-refractivity contribution is 0.241. The summed E-state index contributed by atoms with van der Waals surface area (Å²) < 4.78 is 1.22. The van der Waals surface area contributed by atoms with Gasteiger partial charge in [-0.1, -0.05) is 48.5 Å².